The monoisotopic (exact) mass is 282 g/mol. The molecule has 2 rings (SSSR count). The molecule has 0 aliphatic carbocycles. The van der Waals surface area contributed by atoms with Gasteiger partial charge >= 0.3 is 0 Å². The van der Waals surface area contributed by atoms with Crippen molar-refractivity contribution in [3.63, 3.8) is 0 Å². The number of nitrogens with one attached hydrogen (secondary N) is 2. The van der Waals surface area contributed by atoms with E-state index in [0.717, 1.165) is 24.0 Å². The van der Waals surface area contributed by atoms with Crippen LogP contribution in [0.2, 0.25) is 0 Å². The highest BCUT2D eigenvalue weighted by Gasteiger charge is 2.16. The molecule has 2 atom stereocenters. The molecule has 0 radical (unpaired) electrons. The minimum atomic E-state index is 0.547. The van der Waals surface area contributed by atoms with Crippen LogP contribution in [0.4, 0.5) is 0 Å². The van der Waals surface area contributed by atoms with Crippen LogP contribution in [0.25, 0.3) is 0 Å². The first-order valence-corrected chi connectivity index (χ1v) is 6.74. The maximum absolute atomic E-state index is 3.67. The van der Waals surface area contributed by atoms with E-state index >= 15 is 0 Å². The van der Waals surface area contributed by atoms with Crippen LogP contribution in [0.5, 0.6) is 0 Å². The lowest BCUT2D eigenvalue weighted by molar-refractivity contribution is 0.463. The Morgan fingerprint density at radius 2 is 2.19 bits per heavy atom. The minimum absolute atomic E-state index is 0.547. The third-order valence-corrected chi connectivity index (χ3v) is 3.56. The maximum atomic E-state index is 3.67. The van der Waals surface area contributed by atoms with Crippen LogP contribution in [0, 0.1) is 0 Å². The van der Waals surface area contributed by atoms with Gasteiger partial charge in [0.25, 0.3) is 0 Å². The van der Waals surface area contributed by atoms with E-state index in [0.29, 0.717) is 12.1 Å². The average molecular weight is 283 g/mol. The van der Waals surface area contributed by atoms with Crippen LogP contribution in [0.3, 0.4) is 0 Å². The largest absolute Gasteiger partial charge is 0.315 e. The molecule has 1 saturated heterocycles. The van der Waals surface area contributed by atoms with Gasteiger partial charge in [-0.2, -0.15) is 0 Å². The van der Waals surface area contributed by atoms with Gasteiger partial charge in [-0.05, 0) is 44.0 Å². The Balaban J connectivity index is 1.81. The van der Waals surface area contributed by atoms with Crippen molar-refractivity contribution in [3.8, 4) is 0 Å². The highest BCUT2D eigenvalue weighted by Crippen LogP contribution is 2.12. The summed E-state index contributed by atoms with van der Waals surface area (Å²) in [5, 5.41) is 7.05. The van der Waals surface area contributed by atoms with Crippen molar-refractivity contribution in [2.24, 2.45) is 0 Å². The molecule has 0 aromatic heterocycles. The molecule has 2 nitrogen and oxygen atoms in total. The lowest BCUT2D eigenvalue weighted by Crippen LogP contribution is -2.38. The maximum Gasteiger partial charge on any atom is 0.0207 e. The number of rotatable bonds is 4. The average Bonchev–Trinajstić information content (AvgIpc) is 2.74. The van der Waals surface area contributed by atoms with E-state index in [9.17, 15) is 0 Å². The first kappa shape index (κ1) is 12.1. The molecule has 1 heterocycles. The number of halogens is 1. The van der Waals surface area contributed by atoms with Crippen LogP contribution in [0.15, 0.2) is 28.7 Å². The molecule has 2 N–H and O–H groups in total. The van der Waals surface area contributed by atoms with Crippen molar-refractivity contribution in [2.45, 2.75) is 31.8 Å². The fraction of sp³-hybridized carbons (Fsp3) is 0.538. The number of hydrogen-bond donors (Lipinski definition) is 2. The van der Waals surface area contributed by atoms with Crippen molar-refractivity contribution in [3.05, 3.63) is 34.3 Å². The van der Waals surface area contributed by atoms with E-state index in [1.807, 2.05) is 0 Å². The Hall–Kier alpha value is -0.380. The van der Waals surface area contributed by atoms with Gasteiger partial charge in [0.2, 0.25) is 0 Å². The van der Waals surface area contributed by atoms with Crippen LogP contribution in [-0.2, 0) is 6.42 Å². The zero-order valence-electron chi connectivity index (χ0n) is 9.67. The summed E-state index contributed by atoms with van der Waals surface area (Å²) in [5.74, 6) is 0. The second kappa shape index (κ2) is 5.80. The van der Waals surface area contributed by atoms with Crippen LogP contribution >= 0.6 is 15.9 Å². The number of benzene rings is 1. The normalized spacial score (nSPS) is 22.2. The molecule has 1 aliphatic rings. The van der Waals surface area contributed by atoms with E-state index in [2.05, 4.69) is 57.8 Å². The molecule has 2 unspecified atom stereocenters. The van der Waals surface area contributed by atoms with Crippen molar-refractivity contribution in [2.75, 3.05) is 13.1 Å². The Labute approximate surface area is 106 Å². The summed E-state index contributed by atoms with van der Waals surface area (Å²) in [7, 11) is 0. The van der Waals surface area contributed by atoms with Gasteiger partial charge in [-0.25, -0.2) is 0 Å². The van der Waals surface area contributed by atoms with Crippen molar-refractivity contribution < 1.29 is 0 Å². The summed E-state index contributed by atoms with van der Waals surface area (Å²) >= 11 is 3.46. The van der Waals surface area contributed by atoms with E-state index in [4.69, 9.17) is 0 Å². The fourth-order valence-electron chi connectivity index (χ4n) is 2.23. The molecular weight excluding hydrogens is 264 g/mol. The summed E-state index contributed by atoms with van der Waals surface area (Å²) in [5.41, 5.74) is 1.40. The topological polar surface area (TPSA) is 24.1 Å². The standard InChI is InChI=1S/C13H19BrN2/c1-10(16-13-6-7-15-9-13)8-11-2-4-12(14)5-3-11/h2-5,10,13,15-16H,6-9H2,1H3. The predicted molar refractivity (Wildman–Crippen MR) is 71.7 cm³/mol. The second-order valence-corrected chi connectivity index (χ2v) is 5.50. The van der Waals surface area contributed by atoms with E-state index in [1.54, 1.807) is 0 Å². The van der Waals surface area contributed by atoms with Gasteiger partial charge < -0.3 is 10.6 Å². The zero-order chi connectivity index (χ0) is 11.4. The van der Waals surface area contributed by atoms with Crippen LogP contribution in [0.1, 0.15) is 18.9 Å². The molecule has 0 saturated carbocycles. The Kier molecular flexibility index (Phi) is 4.38. The van der Waals surface area contributed by atoms with Crippen LogP contribution < -0.4 is 10.6 Å². The Morgan fingerprint density at radius 1 is 1.44 bits per heavy atom. The smallest absolute Gasteiger partial charge is 0.0207 e. The summed E-state index contributed by atoms with van der Waals surface area (Å²) in [4.78, 5) is 0. The minimum Gasteiger partial charge on any atom is -0.315 e. The molecule has 0 spiro atoms. The van der Waals surface area contributed by atoms with E-state index < -0.39 is 0 Å². The summed E-state index contributed by atoms with van der Waals surface area (Å²) in [6.07, 6.45) is 2.36. The summed E-state index contributed by atoms with van der Waals surface area (Å²) in [6.45, 7) is 4.54. The summed E-state index contributed by atoms with van der Waals surface area (Å²) < 4.78 is 1.15. The van der Waals surface area contributed by atoms with Gasteiger partial charge in [-0.1, -0.05) is 28.1 Å². The van der Waals surface area contributed by atoms with E-state index in [-0.39, 0.29) is 0 Å². The SMILES string of the molecule is CC(Cc1ccc(Br)cc1)NC1CCNC1. The molecule has 88 valence electrons. The quantitative estimate of drug-likeness (QED) is 0.886. The second-order valence-electron chi connectivity index (χ2n) is 4.59. The van der Waals surface area contributed by atoms with E-state index in [1.165, 1.54) is 12.0 Å². The molecular formula is C13H19BrN2. The lowest BCUT2D eigenvalue weighted by atomic mass is 10.1. The van der Waals surface area contributed by atoms with Gasteiger partial charge in [0.15, 0.2) is 0 Å². The molecule has 3 heteroatoms. The third kappa shape index (κ3) is 3.58. The highest BCUT2D eigenvalue weighted by molar-refractivity contribution is 9.10. The first-order valence-electron chi connectivity index (χ1n) is 5.95. The molecule has 0 amide bonds. The van der Waals surface area contributed by atoms with Gasteiger partial charge in [0.1, 0.15) is 0 Å². The molecule has 16 heavy (non-hydrogen) atoms. The Morgan fingerprint density at radius 3 is 2.81 bits per heavy atom. The zero-order valence-corrected chi connectivity index (χ0v) is 11.3. The molecule has 0 bridgehead atoms. The lowest BCUT2D eigenvalue weighted by Gasteiger charge is -2.18. The van der Waals surface area contributed by atoms with Gasteiger partial charge in [-0.15, -0.1) is 0 Å². The predicted octanol–water partition coefficient (Wildman–Crippen LogP) is 2.33. The summed E-state index contributed by atoms with van der Waals surface area (Å²) in [6, 6.07) is 9.80. The first-order chi connectivity index (χ1) is 7.74. The van der Waals surface area contributed by atoms with Crippen molar-refractivity contribution in [1.29, 1.82) is 0 Å². The third-order valence-electron chi connectivity index (χ3n) is 3.04. The van der Waals surface area contributed by atoms with Gasteiger partial charge in [0.05, 0.1) is 0 Å². The van der Waals surface area contributed by atoms with Crippen LogP contribution in [-0.4, -0.2) is 25.2 Å². The van der Waals surface area contributed by atoms with Crippen molar-refractivity contribution in [1.82, 2.24) is 10.6 Å². The molecule has 1 aromatic rings. The van der Waals surface area contributed by atoms with Gasteiger partial charge in [0, 0.05) is 23.1 Å². The van der Waals surface area contributed by atoms with Gasteiger partial charge in [-0.3, -0.25) is 0 Å². The molecule has 1 fully saturated rings. The Bertz CT molecular complexity index is 317. The number of hydrogen-bond acceptors (Lipinski definition) is 2. The fourth-order valence-corrected chi connectivity index (χ4v) is 2.50. The molecule has 1 aromatic carbocycles. The molecule has 1 aliphatic heterocycles. The van der Waals surface area contributed by atoms with Crippen molar-refractivity contribution >= 4 is 15.9 Å². The highest BCUT2D eigenvalue weighted by atomic mass is 79.9.